The first-order valence-electron chi connectivity index (χ1n) is 7.05. The van der Waals surface area contributed by atoms with E-state index in [4.69, 9.17) is 4.74 Å². The molecule has 1 aromatic carbocycles. The van der Waals surface area contributed by atoms with Crippen molar-refractivity contribution >= 4 is 18.3 Å². The number of amides is 1. The van der Waals surface area contributed by atoms with Crippen LogP contribution in [0.4, 0.5) is 0 Å². The van der Waals surface area contributed by atoms with Gasteiger partial charge in [-0.15, -0.1) is 12.4 Å². The highest BCUT2D eigenvalue weighted by Gasteiger charge is 2.24. The van der Waals surface area contributed by atoms with Gasteiger partial charge in [0.15, 0.2) is 0 Å². The summed E-state index contributed by atoms with van der Waals surface area (Å²) < 4.78 is 5.61. The van der Waals surface area contributed by atoms with Gasteiger partial charge in [-0.3, -0.25) is 4.79 Å². The summed E-state index contributed by atoms with van der Waals surface area (Å²) >= 11 is 0. The molecule has 2 heterocycles. The zero-order valence-electron chi connectivity index (χ0n) is 11.4. The van der Waals surface area contributed by atoms with Crippen molar-refractivity contribution in [2.75, 3.05) is 19.7 Å². The Kier molecular flexibility index (Phi) is 5.26. The summed E-state index contributed by atoms with van der Waals surface area (Å²) in [5.74, 6) is 1.56. The molecule has 2 unspecified atom stereocenters. The molecule has 110 valence electrons. The van der Waals surface area contributed by atoms with Gasteiger partial charge in [0.1, 0.15) is 5.75 Å². The van der Waals surface area contributed by atoms with Crippen LogP contribution >= 0.6 is 12.4 Å². The van der Waals surface area contributed by atoms with Gasteiger partial charge in [0.2, 0.25) is 5.91 Å². The van der Waals surface area contributed by atoms with E-state index >= 15 is 0 Å². The number of carbonyl (C=O) groups excluding carboxylic acids is 1. The van der Waals surface area contributed by atoms with E-state index in [1.807, 2.05) is 24.3 Å². The maximum atomic E-state index is 12.1. The third kappa shape index (κ3) is 3.44. The molecule has 5 heteroatoms. The van der Waals surface area contributed by atoms with Crippen molar-refractivity contribution in [3.05, 3.63) is 29.8 Å². The Morgan fingerprint density at radius 1 is 1.35 bits per heavy atom. The normalized spacial score (nSPS) is 24.2. The predicted molar refractivity (Wildman–Crippen MR) is 80.3 cm³/mol. The Hall–Kier alpha value is -1.26. The molecule has 4 nitrogen and oxygen atoms in total. The summed E-state index contributed by atoms with van der Waals surface area (Å²) in [7, 11) is 0. The molecule has 1 aromatic rings. The largest absolute Gasteiger partial charge is 0.493 e. The van der Waals surface area contributed by atoms with Gasteiger partial charge in [0, 0.05) is 18.4 Å². The van der Waals surface area contributed by atoms with Crippen molar-refractivity contribution in [2.45, 2.75) is 25.3 Å². The molecule has 1 fully saturated rings. The van der Waals surface area contributed by atoms with Crippen LogP contribution in [-0.4, -0.2) is 25.6 Å². The molecule has 2 N–H and O–H groups in total. The number of benzene rings is 1. The second-order valence-electron chi connectivity index (χ2n) is 5.36. The molecule has 2 atom stereocenters. The average Bonchev–Trinajstić information content (AvgIpc) is 2.92. The SMILES string of the molecule is Cl.O=C(CC1CCNC1)NC1CCOc2ccccc21. The first-order valence-corrected chi connectivity index (χ1v) is 7.05. The van der Waals surface area contributed by atoms with E-state index in [0.717, 1.165) is 37.2 Å². The van der Waals surface area contributed by atoms with Gasteiger partial charge in [-0.05, 0) is 31.5 Å². The van der Waals surface area contributed by atoms with E-state index in [-0.39, 0.29) is 24.4 Å². The number of ether oxygens (including phenoxy) is 1. The molecule has 2 aliphatic heterocycles. The summed E-state index contributed by atoms with van der Waals surface area (Å²) in [6.45, 7) is 2.68. The predicted octanol–water partition coefficient (Wildman–Crippen LogP) is 2.05. The Morgan fingerprint density at radius 2 is 2.20 bits per heavy atom. The van der Waals surface area contributed by atoms with Gasteiger partial charge in [0.05, 0.1) is 12.6 Å². The maximum absolute atomic E-state index is 12.1. The van der Waals surface area contributed by atoms with E-state index in [9.17, 15) is 4.79 Å². The second kappa shape index (κ2) is 6.95. The monoisotopic (exact) mass is 296 g/mol. The number of hydrogen-bond acceptors (Lipinski definition) is 3. The van der Waals surface area contributed by atoms with Crippen molar-refractivity contribution in [3.8, 4) is 5.75 Å². The van der Waals surface area contributed by atoms with Crippen molar-refractivity contribution in [2.24, 2.45) is 5.92 Å². The van der Waals surface area contributed by atoms with Gasteiger partial charge in [-0.1, -0.05) is 18.2 Å². The van der Waals surface area contributed by atoms with Gasteiger partial charge in [-0.25, -0.2) is 0 Å². The van der Waals surface area contributed by atoms with Crippen molar-refractivity contribution in [3.63, 3.8) is 0 Å². The summed E-state index contributed by atoms with van der Waals surface area (Å²) in [5.41, 5.74) is 1.10. The number of nitrogens with one attached hydrogen (secondary N) is 2. The van der Waals surface area contributed by atoms with Crippen LogP contribution in [-0.2, 0) is 4.79 Å². The Labute approximate surface area is 125 Å². The van der Waals surface area contributed by atoms with Crippen LogP contribution in [0, 0.1) is 5.92 Å². The van der Waals surface area contributed by atoms with Crippen LogP contribution in [0.5, 0.6) is 5.75 Å². The first kappa shape index (κ1) is 15.1. The second-order valence-corrected chi connectivity index (χ2v) is 5.36. The standard InChI is InChI=1S/C15H20N2O2.ClH/c18-15(9-11-5-7-16-10-11)17-13-6-8-19-14-4-2-1-3-12(13)14;/h1-4,11,13,16H,5-10H2,(H,17,18);1H. The van der Waals surface area contributed by atoms with Gasteiger partial charge >= 0.3 is 0 Å². The maximum Gasteiger partial charge on any atom is 0.220 e. The number of hydrogen-bond donors (Lipinski definition) is 2. The summed E-state index contributed by atoms with van der Waals surface area (Å²) in [4.78, 5) is 12.1. The van der Waals surface area contributed by atoms with E-state index in [1.165, 1.54) is 0 Å². The van der Waals surface area contributed by atoms with Crippen LogP contribution in [0.2, 0.25) is 0 Å². The van der Waals surface area contributed by atoms with Crippen LogP contribution in [0.15, 0.2) is 24.3 Å². The summed E-state index contributed by atoms with van der Waals surface area (Å²) in [5, 5.41) is 6.45. The summed E-state index contributed by atoms with van der Waals surface area (Å²) in [6.07, 6.45) is 2.59. The number of carbonyl (C=O) groups is 1. The fraction of sp³-hybridized carbons (Fsp3) is 0.533. The highest BCUT2D eigenvalue weighted by molar-refractivity contribution is 5.85. The Balaban J connectivity index is 0.00000147. The lowest BCUT2D eigenvalue weighted by molar-refractivity contribution is -0.122. The Morgan fingerprint density at radius 3 is 3.00 bits per heavy atom. The highest BCUT2D eigenvalue weighted by Crippen LogP contribution is 2.31. The molecule has 0 radical (unpaired) electrons. The zero-order chi connectivity index (χ0) is 13.1. The molecule has 0 aromatic heterocycles. The quantitative estimate of drug-likeness (QED) is 0.897. The third-order valence-electron chi connectivity index (χ3n) is 3.93. The minimum absolute atomic E-state index is 0. The minimum atomic E-state index is 0. The van der Waals surface area contributed by atoms with Crippen LogP contribution in [0.25, 0.3) is 0 Å². The van der Waals surface area contributed by atoms with E-state index in [0.29, 0.717) is 18.9 Å². The Bertz CT molecular complexity index is 461. The molecule has 2 aliphatic rings. The van der Waals surface area contributed by atoms with Crippen LogP contribution < -0.4 is 15.4 Å². The van der Waals surface area contributed by atoms with Crippen molar-refractivity contribution in [1.82, 2.24) is 10.6 Å². The summed E-state index contributed by atoms with van der Waals surface area (Å²) in [6, 6.07) is 8.07. The van der Waals surface area contributed by atoms with Crippen LogP contribution in [0.1, 0.15) is 30.9 Å². The molecule has 3 rings (SSSR count). The molecule has 0 bridgehead atoms. The fourth-order valence-corrected chi connectivity index (χ4v) is 2.90. The molecular weight excluding hydrogens is 276 g/mol. The molecule has 0 spiro atoms. The molecular formula is C15H21ClN2O2. The lowest BCUT2D eigenvalue weighted by Crippen LogP contribution is -2.33. The smallest absolute Gasteiger partial charge is 0.220 e. The fourth-order valence-electron chi connectivity index (χ4n) is 2.90. The molecule has 0 aliphatic carbocycles. The molecule has 20 heavy (non-hydrogen) atoms. The number of fused-ring (bicyclic) bond motifs is 1. The number of para-hydroxylation sites is 1. The van der Waals surface area contributed by atoms with Crippen LogP contribution in [0.3, 0.4) is 0 Å². The lowest BCUT2D eigenvalue weighted by Gasteiger charge is -2.27. The zero-order valence-corrected chi connectivity index (χ0v) is 12.2. The minimum Gasteiger partial charge on any atom is -0.493 e. The van der Waals surface area contributed by atoms with Crippen molar-refractivity contribution < 1.29 is 9.53 Å². The number of halogens is 1. The molecule has 1 saturated heterocycles. The lowest BCUT2D eigenvalue weighted by atomic mass is 9.99. The van der Waals surface area contributed by atoms with E-state index < -0.39 is 0 Å². The van der Waals surface area contributed by atoms with Crippen molar-refractivity contribution in [1.29, 1.82) is 0 Å². The van der Waals surface area contributed by atoms with Gasteiger partial charge in [-0.2, -0.15) is 0 Å². The molecule has 1 amide bonds. The topological polar surface area (TPSA) is 50.4 Å². The number of rotatable bonds is 3. The van der Waals surface area contributed by atoms with E-state index in [1.54, 1.807) is 0 Å². The first-order chi connectivity index (χ1) is 9.33. The highest BCUT2D eigenvalue weighted by atomic mass is 35.5. The van der Waals surface area contributed by atoms with Gasteiger partial charge < -0.3 is 15.4 Å². The van der Waals surface area contributed by atoms with Gasteiger partial charge in [0.25, 0.3) is 0 Å². The third-order valence-corrected chi connectivity index (χ3v) is 3.93. The van der Waals surface area contributed by atoms with E-state index in [2.05, 4.69) is 10.6 Å². The molecule has 0 saturated carbocycles. The average molecular weight is 297 g/mol.